The first kappa shape index (κ1) is 20.9. The highest BCUT2D eigenvalue weighted by Gasteiger charge is 2.44. The molecule has 4 atom stereocenters. The summed E-state index contributed by atoms with van der Waals surface area (Å²) >= 11 is 0. The SMILES string of the molecule is COC(=O)c1cccc(CO[n+]2cnc3c(ncn3[C@@H]3O[C@H](CO)[C@@H](O)[C@H]3O)c2N)c1. The standard InChI is InChI=1S/C19H21N5O7/c1-29-19(28)11-4-2-3-10(5-11)7-30-24-9-22-17-13(16(24)20)21-8-23(17)18-15(27)14(26)12(6-25)31-18/h2-5,8-9,12,14-15,18,20,25-27H,6-7H2,1H3/p+1/t12-,14-,15-,18-/m1/s1. The third-order valence-corrected chi connectivity index (χ3v) is 5.04. The second kappa shape index (κ2) is 8.43. The molecule has 12 heteroatoms. The van der Waals surface area contributed by atoms with Crippen molar-refractivity contribution >= 4 is 23.0 Å². The van der Waals surface area contributed by atoms with Gasteiger partial charge in [-0.25, -0.2) is 9.78 Å². The van der Waals surface area contributed by atoms with E-state index in [-0.39, 0.29) is 12.4 Å². The number of carbonyl (C=O) groups is 1. The Bertz CT molecular complexity index is 1100. The number of methoxy groups -OCH3 is 1. The molecular weight excluding hydrogens is 410 g/mol. The quantitative estimate of drug-likeness (QED) is 0.261. The van der Waals surface area contributed by atoms with E-state index < -0.39 is 37.1 Å². The Hall–Kier alpha value is -3.32. The lowest BCUT2D eigenvalue weighted by Gasteiger charge is -2.15. The second-order valence-corrected chi connectivity index (χ2v) is 6.97. The van der Waals surface area contributed by atoms with Crippen molar-refractivity contribution in [1.29, 1.82) is 0 Å². The minimum Gasteiger partial charge on any atom is -0.465 e. The smallest absolute Gasteiger partial charge is 0.337 e. The van der Waals surface area contributed by atoms with Crippen molar-refractivity contribution in [2.75, 3.05) is 19.5 Å². The van der Waals surface area contributed by atoms with Gasteiger partial charge in [0.05, 0.1) is 19.3 Å². The van der Waals surface area contributed by atoms with Gasteiger partial charge in [-0.3, -0.25) is 4.57 Å². The van der Waals surface area contributed by atoms with Gasteiger partial charge < -0.3 is 35.4 Å². The molecule has 1 saturated heterocycles. The van der Waals surface area contributed by atoms with Crippen LogP contribution in [0.15, 0.2) is 36.9 Å². The molecule has 4 rings (SSSR count). The van der Waals surface area contributed by atoms with Gasteiger partial charge in [0.25, 0.3) is 12.1 Å². The number of aliphatic hydroxyl groups is 3. The number of nitrogens with two attached hydrogens (primary N) is 1. The molecule has 1 fully saturated rings. The summed E-state index contributed by atoms with van der Waals surface area (Å²) in [5.74, 6) is -0.299. The Morgan fingerprint density at radius 3 is 2.84 bits per heavy atom. The Balaban J connectivity index is 1.55. The summed E-state index contributed by atoms with van der Waals surface area (Å²) in [6, 6.07) is 6.77. The van der Waals surface area contributed by atoms with E-state index in [1.807, 2.05) is 0 Å². The van der Waals surface area contributed by atoms with Crippen molar-refractivity contribution in [1.82, 2.24) is 14.5 Å². The van der Waals surface area contributed by atoms with Crippen LogP contribution in [-0.4, -0.2) is 67.9 Å². The average Bonchev–Trinajstić information content (AvgIpc) is 3.34. The Morgan fingerprint density at radius 2 is 2.13 bits per heavy atom. The van der Waals surface area contributed by atoms with Crippen LogP contribution in [0.3, 0.4) is 0 Å². The number of nitrogen functional groups attached to an aromatic ring is 1. The normalized spacial score (nSPS) is 23.2. The molecule has 0 unspecified atom stereocenters. The van der Waals surface area contributed by atoms with E-state index in [1.54, 1.807) is 24.3 Å². The lowest BCUT2D eigenvalue weighted by molar-refractivity contribution is -0.885. The van der Waals surface area contributed by atoms with Crippen molar-refractivity contribution in [2.45, 2.75) is 31.1 Å². The number of imidazole rings is 1. The van der Waals surface area contributed by atoms with Crippen molar-refractivity contribution in [3.63, 3.8) is 0 Å². The molecule has 31 heavy (non-hydrogen) atoms. The molecule has 3 aromatic rings. The zero-order valence-electron chi connectivity index (χ0n) is 16.5. The molecule has 164 valence electrons. The van der Waals surface area contributed by atoms with Crippen LogP contribution in [0.5, 0.6) is 0 Å². The van der Waals surface area contributed by atoms with Crippen LogP contribution in [0, 0.1) is 0 Å². The van der Waals surface area contributed by atoms with Gasteiger partial charge in [-0.05, 0) is 17.7 Å². The number of aromatic nitrogens is 4. The van der Waals surface area contributed by atoms with Gasteiger partial charge in [-0.15, -0.1) is 0 Å². The van der Waals surface area contributed by atoms with Gasteiger partial charge in [-0.2, -0.15) is 0 Å². The van der Waals surface area contributed by atoms with Crippen molar-refractivity contribution in [3.8, 4) is 0 Å². The maximum Gasteiger partial charge on any atom is 0.337 e. The summed E-state index contributed by atoms with van der Waals surface area (Å²) in [6.45, 7) is -0.343. The van der Waals surface area contributed by atoms with Crippen LogP contribution in [0.2, 0.25) is 0 Å². The number of esters is 1. The molecule has 1 aromatic carbocycles. The van der Waals surface area contributed by atoms with Gasteiger partial charge in [-0.1, -0.05) is 21.8 Å². The molecule has 2 aromatic heterocycles. The number of carbonyl (C=O) groups excluding carboxylic acids is 1. The Kier molecular flexibility index (Phi) is 5.69. The van der Waals surface area contributed by atoms with Crippen LogP contribution in [0.1, 0.15) is 22.1 Å². The molecule has 5 N–H and O–H groups in total. The molecular formula is C19H22N5O7+. The van der Waals surface area contributed by atoms with E-state index in [0.717, 1.165) is 0 Å². The fourth-order valence-electron chi connectivity index (χ4n) is 3.39. The van der Waals surface area contributed by atoms with Gasteiger partial charge in [0, 0.05) is 0 Å². The minimum atomic E-state index is -1.27. The average molecular weight is 432 g/mol. The number of fused-ring (bicyclic) bond motifs is 1. The number of ether oxygens (including phenoxy) is 2. The molecule has 3 heterocycles. The maximum absolute atomic E-state index is 11.7. The van der Waals surface area contributed by atoms with E-state index >= 15 is 0 Å². The monoisotopic (exact) mass is 432 g/mol. The van der Waals surface area contributed by atoms with Crippen LogP contribution in [-0.2, 0) is 16.1 Å². The third kappa shape index (κ3) is 3.77. The summed E-state index contributed by atoms with van der Waals surface area (Å²) < 4.78 is 12.9. The van der Waals surface area contributed by atoms with Crippen molar-refractivity contribution < 1.29 is 39.2 Å². The zero-order valence-corrected chi connectivity index (χ0v) is 16.5. The highest BCUT2D eigenvalue weighted by atomic mass is 16.7. The van der Waals surface area contributed by atoms with E-state index in [9.17, 15) is 20.1 Å². The molecule has 12 nitrogen and oxygen atoms in total. The minimum absolute atomic E-state index is 0.0996. The van der Waals surface area contributed by atoms with Gasteiger partial charge in [0.2, 0.25) is 11.2 Å². The molecule has 0 spiro atoms. The van der Waals surface area contributed by atoms with Crippen molar-refractivity contribution in [2.24, 2.45) is 0 Å². The summed E-state index contributed by atoms with van der Waals surface area (Å²) in [6.07, 6.45) is -1.72. The molecule has 1 aliphatic heterocycles. The predicted octanol–water partition coefficient (Wildman–Crippen LogP) is -1.67. The highest BCUT2D eigenvalue weighted by molar-refractivity contribution is 5.89. The number of aliphatic hydroxyl groups excluding tert-OH is 3. The van der Waals surface area contributed by atoms with Gasteiger partial charge >= 0.3 is 5.97 Å². The molecule has 0 saturated carbocycles. The topological polar surface area (TPSA) is 166 Å². The molecule has 0 bridgehead atoms. The summed E-state index contributed by atoms with van der Waals surface area (Å²) in [7, 11) is 1.31. The van der Waals surface area contributed by atoms with E-state index in [0.29, 0.717) is 22.3 Å². The predicted molar refractivity (Wildman–Crippen MR) is 103 cm³/mol. The summed E-state index contributed by atoms with van der Waals surface area (Å²) in [5.41, 5.74) is 7.88. The first-order valence-electron chi connectivity index (χ1n) is 9.40. The molecule has 0 aliphatic carbocycles. The first-order chi connectivity index (χ1) is 14.9. The van der Waals surface area contributed by atoms with E-state index in [4.69, 9.17) is 20.0 Å². The number of anilines is 1. The maximum atomic E-state index is 11.7. The van der Waals surface area contributed by atoms with E-state index in [1.165, 1.54) is 29.1 Å². The lowest BCUT2D eigenvalue weighted by atomic mass is 10.1. The molecule has 0 amide bonds. The molecule has 0 radical (unpaired) electrons. The number of hydrogen-bond acceptors (Lipinski definition) is 10. The zero-order chi connectivity index (χ0) is 22.1. The van der Waals surface area contributed by atoms with E-state index in [2.05, 4.69) is 9.97 Å². The number of hydrogen-bond donors (Lipinski definition) is 4. The Morgan fingerprint density at radius 1 is 1.32 bits per heavy atom. The second-order valence-electron chi connectivity index (χ2n) is 6.97. The van der Waals surface area contributed by atoms with Crippen LogP contribution in [0.4, 0.5) is 5.82 Å². The number of benzene rings is 1. The summed E-state index contributed by atoms with van der Waals surface area (Å²) in [4.78, 5) is 25.8. The Labute approximate surface area is 176 Å². The van der Waals surface area contributed by atoms with Crippen LogP contribution < -0.4 is 15.3 Å². The van der Waals surface area contributed by atoms with Gasteiger partial charge in [0.1, 0.15) is 24.6 Å². The highest BCUT2D eigenvalue weighted by Crippen LogP contribution is 2.31. The molecule has 1 aliphatic rings. The number of nitrogens with zero attached hydrogens (tertiary/aromatic N) is 4. The van der Waals surface area contributed by atoms with Crippen LogP contribution in [0.25, 0.3) is 11.2 Å². The van der Waals surface area contributed by atoms with Gasteiger partial charge in [0.15, 0.2) is 12.8 Å². The summed E-state index contributed by atoms with van der Waals surface area (Å²) in [5, 5.41) is 29.5. The third-order valence-electron chi connectivity index (χ3n) is 5.04. The first-order valence-corrected chi connectivity index (χ1v) is 9.40. The number of rotatable bonds is 6. The van der Waals surface area contributed by atoms with Crippen LogP contribution >= 0.6 is 0 Å². The largest absolute Gasteiger partial charge is 0.465 e. The van der Waals surface area contributed by atoms with Crippen molar-refractivity contribution in [3.05, 3.63) is 48.0 Å². The lowest BCUT2D eigenvalue weighted by Crippen LogP contribution is -2.45. The fourth-order valence-corrected chi connectivity index (χ4v) is 3.39. The fraction of sp³-hybridized carbons (Fsp3) is 0.368.